The fourth-order valence-electron chi connectivity index (χ4n) is 4.07. The van der Waals surface area contributed by atoms with Gasteiger partial charge in [0.1, 0.15) is 6.61 Å². The number of methoxy groups -OCH3 is 3. The van der Waals surface area contributed by atoms with Crippen LogP contribution in [0.2, 0.25) is 0 Å². The third-order valence-corrected chi connectivity index (χ3v) is 6.77. The Hall–Kier alpha value is -4.31. The lowest BCUT2D eigenvalue weighted by Crippen LogP contribution is -2.39. The number of carbonyl (C=O) groups is 1. The molecule has 4 rings (SSSR count). The van der Waals surface area contributed by atoms with E-state index in [1.54, 1.807) is 49.4 Å². The quantitative estimate of drug-likeness (QED) is 0.358. The molecular weight excluding hydrogens is 496 g/mol. The van der Waals surface area contributed by atoms with Crippen molar-refractivity contribution in [3.8, 4) is 23.0 Å². The highest BCUT2D eigenvalue weighted by atomic mass is 32.1. The molecule has 0 saturated heterocycles. The molecule has 0 radical (unpaired) electrons. The maximum atomic E-state index is 13.7. The van der Waals surface area contributed by atoms with Gasteiger partial charge in [0.25, 0.3) is 5.56 Å². The Labute approximate surface area is 216 Å². The molecule has 1 aliphatic heterocycles. The zero-order valence-corrected chi connectivity index (χ0v) is 21.6. The number of phenols is 1. The van der Waals surface area contributed by atoms with E-state index < -0.39 is 12.0 Å². The van der Waals surface area contributed by atoms with Gasteiger partial charge in [-0.1, -0.05) is 36.1 Å². The maximum absolute atomic E-state index is 13.7. The molecule has 37 heavy (non-hydrogen) atoms. The fraction of sp³-hybridized carbons (Fsp3) is 0.222. The van der Waals surface area contributed by atoms with E-state index in [0.29, 0.717) is 44.3 Å². The Morgan fingerprint density at radius 2 is 1.89 bits per heavy atom. The number of benzene rings is 2. The highest BCUT2D eigenvalue weighted by Gasteiger charge is 2.33. The smallest absolute Gasteiger partial charge is 0.338 e. The Morgan fingerprint density at radius 1 is 1.14 bits per heavy atom. The molecule has 1 aromatic heterocycles. The van der Waals surface area contributed by atoms with Crippen LogP contribution in [0, 0.1) is 0 Å². The number of esters is 1. The van der Waals surface area contributed by atoms with Crippen LogP contribution in [0.15, 0.2) is 70.1 Å². The second kappa shape index (κ2) is 10.8. The summed E-state index contributed by atoms with van der Waals surface area (Å²) in [5.41, 5.74) is 1.64. The summed E-state index contributed by atoms with van der Waals surface area (Å²) < 4.78 is 23.3. The Bertz CT molecular complexity index is 1580. The van der Waals surface area contributed by atoms with Crippen LogP contribution in [0.5, 0.6) is 23.0 Å². The van der Waals surface area contributed by atoms with Gasteiger partial charge >= 0.3 is 5.97 Å². The first-order valence-corrected chi connectivity index (χ1v) is 12.0. The van der Waals surface area contributed by atoms with Crippen molar-refractivity contribution in [2.75, 3.05) is 27.9 Å². The largest absolute Gasteiger partial charge is 0.504 e. The summed E-state index contributed by atoms with van der Waals surface area (Å²) in [6.45, 7) is 5.66. The highest BCUT2D eigenvalue weighted by Crippen LogP contribution is 2.36. The molecule has 2 aromatic carbocycles. The molecule has 3 aromatic rings. The summed E-state index contributed by atoms with van der Waals surface area (Å²) in [5.74, 6) is 0.634. The minimum Gasteiger partial charge on any atom is -0.504 e. The van der Waals surface area contributed by atoms with Gasteiger partial charge in [0.15, 0.2) is 27.8 Å². The summed E-state index contributed by atoms with van der Waals surface area (Å²) in [5, 5.41) is 9.90. The van der Waals surface area contributed by atoms with Gasteiger partial charge in [-0.15, -0.1) is 0 Å². The predicted molar refractivity (Wildman–Crippen MR) is 139 cm³/mol. The number of nitrogens with zero attached hydrogens (tertiary/aromatic N) is 2. The van der Waals surface area contributed by atoms with E-state index in [0.717, 1.165) is 0 Å². The number of allylic oxidation sites excluding steroid dienone is 1. The second-order valence-electron chi connectivity index (χ2n) is 8.01. The lowest BCUT2D eigenvalue weighted by molar-refractivity contribution is -0.136. The molecule has 0 aliphatic carbocycles. The third kappa shape index (κ3) is 4.88. The standard InChI is InChI=1S/C27H26N2O7S/c1-6-11-36-19-10-8-17(14-21(19)34-4)24-23(26(32)35-5)15(2)28-27-29(24)25(31)22(37-27)13-16-7-9-18(30)20(12-16)33-3/h6-10,12-14,24,30H,1,11H2,2-5H3/b22-13-. The van der Waals surface area contributed by atoms with Crippen molar-refractivity contribution in [2.24, 2.45) is 4.99 Å². The van der Waals surface area contributed by atoms with Crippen molar-refractivity contribution < 1.29 is 28.8 Å². The van der Waals surface area contributed by atoms with Crippen LogP contribution in [0.3, 0.4) is 0 Å². The van der Waals surface area contributed by atoms with Crippen LogP contribution in [0.4, 0.5) is 0 Å². The fourth-order valence-corrected chi connectivity index (χ4v) is 5.11. The SMILES string of the molecule is C=CCOc1ccc(C2C(C(=O)OC)=C(C)N=c3s/c(=C\c4ccc(O)c(OC)c4)c(=O)n32)cc1OC. The molecule has 0 fully saturated rings. The van der Waals surface area contributed by atoms with Crippen molar-refractivity contribution in [1.82, 2.24) is 4.57 Å². The van der Waals surface area contributed by atoms with E-state index in [9.17, 15) is 14.7 Å². The van der Waals surface area contributed by atoms with E-state index in [-0.39, 0.29) is 22.6 Å². The number of phenolic OH excluding ortho intramolecular Hbond substituents is 1. The molecule has 0 amide bonds. The number of aromatic hydroxyl groups is 1. The molecule has 1 unspecified atom stereocenters. The monoisotopic (exact) mass is 522 g/mol. The summed E-state index contributed by atoms with van der Waals surface area (Å²) >= 11 is 1.19. The molecule has 0 spiro atoms. The van der Waals surface area contributed by atoms with Crippen molar-refractivity contribution in [1.29, 1.82) is 0 Å². The highest BCUT2D eigenvalue weighted by molar-refractivity contribution is 7.07. The number of thiazole rings is 1. The first-order valence-electron chi connectivity index (χ1n) is 11.2. The number of rotatable bonds is 8. The minimum atomic E-state index is -0.803. The number of aromatic nitrogens is 1. The Morgan fingerprint density at radius 3 is 2.57 bits per heavy atom. The van der Waals surface area contributed by atoms with Crippen LogP contribution >= 0.6 is 11.3 Å². The van der Waals surface area contributed by atoms with E-state index in [2.05, 4.69) is 11.6 Å². The first kappa shape index (κ1) is 25.8. The Balaban J connectivity index is 1.93. The van der Waals surface area contributed by atoms with Gasteiger partial charge in [0.2, 0.25) is 0 Å². The van der Waals surface area contributed by atoms with Crippen LogP contribution in [-0.4, -0.2) is 43.6 Å². The van der Waals surface area contributed by atoms with Gasteiger partial charge < -0.3 is 24.1 Å². The normalized spacial score (nSPS) is 15.0. The molecule has 1 aliphatic rings. The van der Waals surface area contributed by atoms with Crippen molar-refractivity contribution in [2.45, 2.75) is 13.0 Å². The van der Waals surface area contributed by atoms with Gasteiger partial charge in [-0.05, 0) is 48.4 Å². The number of hydrogen-bond donors (Lipinski definition) is 1. The molecule has 2 heterocycles. The number of fused-ring (bicyclic) bond motifs is 1. The van der Waals surface area contributed by atoms with Crippen molar-refractivity contribution in [3.05, 3.63) is 91.1 Å². The molecule has 10 heteroatoms. The summed E-state index contributed by atoms with van der Waals surface area (Å²) in [4.78, 5) is 31.6. The minimum absolute atomic E-state index is 0.00563. The van der Waals surface area contributed by atoms with Gasteiger partial charge in [-0.2, -0.15) is 0 Å². The molecule has 1 N–H and O–H groups in total. The lowest BCUT2D eigenvalue weighted by atomic mass is 9.95. The van der Waals surface area contributed by atoms with E-state index >= 15 is 0 Å². The second-order valence-corrected chi connectivity index (χ2v) is 9.02. The zero-order valence-electron chi connectivity index (χ0n) is 20.8. The molecule has 1 atom stereocenters. The van der Waals surface area contributed by atoms with Gasteiger partial charge in [0, 0.05) is 0 Å². The molecule has 0 bridgehead atoms. The number of ether oxygens (including phenoxy) is 4. The number of carbonyl (C=O) groups excluding carboxylic acids is 1. The average molecular weight is 523 g/mol. The average Bonchev–Trinajstić information content (AvgIpc) is 3.21. The molecular formula is C27H26N2O7S. The van der Waals surface area contributed by atoms with E-state index in [1.165, 1.54) is 43.3 Å². The zero-order chi connectivity index (χ0) is 26.7. The molecule has 9 nitrogen and oxygen atoms in total. The van der Waals surface area contributed by atoms with E-state index in [1.807, 2.05) is 0 Å². The first-order chi connectivity index (χ1) is 17.8. The predicted octanol–water partition coefficient (Wildman–Crippen LogP) is 2.70. The summed E-state index contributed by atoms with van der Waals surface area (Å²) in [7, 11) is 4.25. The van der Waals surface area contributed by atoms with Crippen LogP contribution in [0.1, 0.15) is 24.1 Å². The van der Waals surface area contributed by atoms with Crippen LogP contribution in [0.25, 0.3) is 6.08 Å². The summed E-state index contributed by atoms with van der Waals surface area (Å²) in [6, 6.07) is 9.21. The third-order valence-electron chi connectivity index (χ3n) is 5.79. The van der Waals surface area contributed by atoms with Gasteiger partial charge in [-0.3, -0.25) is 9.36 Å². The number of hydrogen-bond acceptors (Lipinski definition) is 9. The van der Waals surface area contributed by atoms with Crippen molar-refractivity contribution in [3.63, 3.8) is 0 Å². The van der Waals surface area contributed by atoms with Gasteiger partial charge in [0.05, 0.1) is 43.2 Å². The maximum Gasteiger partial charge on any atom is 0.338 e. The van der Waals surface area contributed by atoms with E-state index in [4.69, 9.17) is 18.9 Å². The van der Waals surface area contributed by atoms with Crippen LogP contribution in [-0.2, 0) is 9.53 Å². The Kier molecular flexibility index (Phi) is 7.49. The van der Waals surface area contributed by atoms with Crippen LogP contribution < -0.4 is 29.1 Å². The molecule has 0 saturated carbocycles. The lowest BCUT2D eigenvalue weighted by Gasteiger charge is -2.25. The van der Waals surface area contributed by atoms with Crippen molar-refractivity contribution >= 4 is 23.4 Å². The molecule has 192 valence electrons. The topological polar surface area (TPSA) is 109 Å². The van der Waals surface area contributed by atoms with Gasteiger partial charge in [-0.25, -0.2) is 9.79 Å². The summed E-state index contributed by atoms with van der Waals surface area (Å²) in [6.07, 6.45) is 3.31.